The van der Waals surface area contributed by atoms with Gasteiger partial charge in [0.15, 0.2) is 0 Å². The molecule has 2 saturated heterocycles. The van der Waals surface area contributed by atoms with E-state index in [1.165, 1.54) is 0 Å². The van der Waals surface area contributed by atoms with E-state index in [4.69, 9.17) is 10.5 Å². The van der Waals surface area contributed by atoms with Gasteiger partial charge in [-0.05, 0) is 32.4 Å². The average Bonchev–Trinajstić information content (AvgIpc) is 2.86. The predicted molar refractivity (Wildman–Crippen MR) is 68.7 cm³/mol. The summed E-state index contributed by atoms with van der Waals surface area (Å²) in [7, 11) is 0. The molecule has 0 aliphatic carbocycles. The first-order valence-corrected chi connectivity index (χ1v) is 6.56. The molecule has 2 aliphatic heterocycles. The zero-order chi connectivity index (χ0) is 12.8. The van der Waals surface area contributed by atoms with Crippen LogP contribution in [0.3, 0.4) is 0 Å². The van der Waals surface area contributed by atoms with Gasteiger partial charge in [-0.1, -0.05) is 5.16 Å². The highest BCUT2D eigenvalue weighted by molar-refractivity contribution is 5.91. The van der Waals surface area contributed by atoms with E-state index in [9.17, 15) is 0 Å². The molecule has 0 spiro atoms. The topological polar surface area (TPSA) is 92.5 Å². The first kappa shape index (κ1) is 13.3. The summed E-state index contributed by atoms with van der Waals surface area (Å²) in [5, 5.41) is 31.4. The van der Waals surface area contributed by atoms with Gasteiger partial charge in [0.25, 0.3) is 0 Å². The lowest BCUT2D eigenvalue weighted by Crippen LogP contribution is -2.58. The summed E-state index contributed by atoms with van der Waals surface area (Å²) in [5.41, 5.74) is 0.748. The largest absolute Gasteiger partial charge is 0.411 e. The second-order valence-electron chi connectivity index (χ2n) is 5.12. The molecule has 0 radical (unpaired) electrons. The zero-order valence-electron chi connectivity index (χ0n) is 10.6. The summed E-state index contributed by atoms with van der Waals surface area (Å²) in [4.78, 5) is 0. The van der Waals surface area contributed by atoms with E-state index in [2.05, 4.69) is 27.2 Å². The first-order chi connectivity index (χ1) is 8.79. The van der Waals surface area contributed by atoms with E-state index in [1.54, 1.807) is 0 Å². The lowest BCUT2D eigenvalue weighted by molar-refractivity contribution is 0.285. The zero-order valence-corrected chi connectivity index (χ0v) is 10.6. The highest BCUT2D eigenvalue weighted by Crippen LogP contribution is 2.22. The molecule has 100 valence electrons. The molecular weight excluding hydrogens is 230 g/mol. The normalized spacial score (nSPS) is 34.6. The fraction of sp³-hybridized carbons (Fsp3) is 0.833. The Kier molecular flexibility index (Phi) is 4.53. The predicted octanol–water partition coefficient (Wildman–Crippen LogP) is -0.196. The standard InChI is InChI=1S/C12H21N5O/c13-5-1-3-12(4-7-15-9-12)16-10-2-6-14-8-11(10)17-18/h10,14-16,18H,1-4,6-9H2/b17-11-. The van der Waals surface area contributed by atoms with Gasteiger partial charge in [0.2, 0.25) is 0 Å². The smallest absolute Gasteiger partial charge is 0.0877 e. The molecule has 0 aromatic heterocycles. The van der Waals surface area contributed by atoms with E-state index in [1.807, 2.05) is 0 Å². The van der Waals surface area contributed by atoms with Crippen molar-refractivity contribution >= 4 is 5.71 Å². The number of nitrogens with one attached hydrogen (secondary N) is 3. The van der Waals surface area contributed by atoms with Crippen LogP contribution in [0.15, 0.2) is 5.16 Å². The van der Waals surface area contributed by atoms with E-state index < -0.39 is 0 Å². The second kappa shape index (κ2) is 6.14. The van der Waals surface area contributed by atoms with Crippen molar-refractivity contribution in [3.05, 3.63) is 0 Å². The Morgan fingerprint density at radius 2 is 2.39 bits per heavy atom. The Labute approximate surface area is 107 Å². The average molecular weight is 251 g/mol. The van der Waals surface area contributed by atoms with Gasteiger partial charge in [0.05, 0.1) is 17.8 Å². The monoisotopic (exact) mass is 251 g/mol. The van der Waals surface area contributed by atoms with E-state index in [0.717, 1.165) is 44.6 Å². The van der Waals surface area contributed by atoms with Gasteiger partial charge in [-0.25, -0.2) is 0 Å². The number of nitriles is 1. The molecule has 2 unspecified atom stereocenters. The molecule has 2 aliphatic rings. The third kappa shape index (κ3) is 2.99. The Balaban J connectivity index is 2.01. The third-order valence-electron chi connectivity index (χ3n) is 3.89. The minimum absolute atomic E-state index is 0.0202. The lowest BCUT2D eigenvalue weighted by atomic mass is 9.89. The van der Waals surface area contributed by atoms with Crippen LogP contribution in [0.5, 0.6) is 0 Å². The van der Waals surface area contributed by atoms with Gasteiger partial charge in [0, 0.05) is 25.0 Å². The van der Waals surface area contributed by atoms with Crippen molar-refractivity contribution in [1.29, 1.82) is 5.26 Å². The van der Waals surface area contributed by atoms with Crippen LogP contribution < -0.4 is 16.0 Å². The molecule has 18 heavy (non-hydrogen) atoms. The summed E-state index contributed by atoms with van der Waals surface area (Å²) < 4.78 is 0. The number of hydrogen-bond donors (Lipinski definition) is 4. The Bertz CT molecular complexity index is 343. The van der Waals surface area contributed by atoms with Gasteiger partial charge < -0.3 is 21.2 Å². The van der Waals surface area contributed by atoms with E-state index in [0.29, 0.717) is 13.0 Å². The molecule has 4 N–H and O–H groups in total. The van der Waals surface area contributed by atoms with Gasteiger partial charge in [0.1, 0.15) is 0 Å². The van der Waals surface area contributed by atoms with Crippen molar-refractivity contribution in [2.24, 2.45) is 5.16 Å². The summed E-state index contributed by atoms with van der Waals surface area (Å²) in [6.07, 6.45) is 3.36. The number of nitrogens with zero attached hydrogens (tertiary/aromatic N) is 2. The summed E-state index contributed by atoms with van der Waals surface area (Å²) >= 11 is 0. The van der Waals surface area contributed by atoms with Gasteiger partial charge in [-0.2, -0.15) is 5.26 Å². The van der Waals surface area contributed by atoms with E-state index in [-0.39, 0.29) is 11.6 Å². The van der Waals surface area contributed by atoms with E-state index >= 15 is 0 Å². The van der Waals surface area contributed by atoms with Crippen LogP contribution in [0.1, 0.15) is 25.7 Å². The molecule has 2 rings (SSSR count). The number of rotatable bonds is 4. The molecule has 2 fully saturated rings. The van der Waals surface area contributed by atoms with Crippen LogP contribution in [0.25, 0.3) is 0 Å². The number of hydrogen-bond acceptors (Lipinski definition) is 6. The highest BCUT2D eigenvalue weighted by atomic mass is 16.4. The van der Waals surface area contributed by atoms with Crippen molar-refractivity contribution in [3.8, 4) is 6.07 Å². The van der Waals surface area contributed by atoms with Gasteiger partial charge >= 0.3 is 0 Å². The van der Waals surface area contributed by atoms with Crippen LogP contribution in [0.4, 0.5) is 0 Å². The maximum Gasteiger partial charge on any atom is 0.0877 e. The molecule has 6 heteroatoms. The third-order valence-corrected chi connectivity index (χ3v) is 3.89. The molecule has 0 amide bonds. The molecule has 0 bridgehead atoms. The summed E-state index contributed by atoms with van der Waals surface area (Å²) in [6, 6.07) is 2.34. The van der Waals surface area contributed by atoms with Gasteiger partial charge in [-0.15, -0.1) is 0 Å². The van der Waals surface area contributed by atoms with Crippen molar-refractivity contribution in [2.45, 2.75) is 37.3 Å². The Morgan fingerprint density at radius 1 is 1.50 bits per heavy atom. The van der Waals surface area contributed by atoms with Crippen LogP contribution >= 0.6 is 0 Å². The van der Waals surface area contributed by atoms with Crippen LogP contribution in [-0.4, -0.2) is 48.7 Å². The molecule has 2 atom stereocenters. The van der Waals surface area contributed by atoms with Crippen LogP contribution in [0.2, 0.25) is 0 Å². The molecular formula is C12H21N5O. The first-order valence-electron chi connectivity index (χ1n) is 6.56. The molecule has 6 nitrogen and oxygen atoms in total. The van der Waals surface area contributed by atoms with Crippen LogP contribution in [-0.2, 0) is 0 Å². The minimum atomic E-state index is -0.0202. The number of piperidine rings is 1. The fourth-order valence-electron chi connectivity index (χ4n) is 2.83. The molecule has 0 saturated carbocycles. The molecule has 0 aromatic carbocycles. The van der Waals surface area contributed by atoms with Crippen LogP contribution in [0, 0.1) is 11.3 Å². The van der Waals surface area contributed by atoms with Crippen molar-refractivity contribution in [1.82, 2.24) is 16.0 Å². The van der Waals surface area contributed by atoms with Crippen molar-refractivity contribution in [3.63, 3.8) is 0 Å². The minimum Gasteiger partial charge on any atom is -0.411 e. The highest BCUT2D eigenvalue weighted by Gasteiger charge is 2.36. The second-order valence-corrected chi connectivity index (χ2v) is 5.12. The van der Waals surface area contributed by atoms with Crippen molar-refractivity contribution < 1.29 is 5.21 Å². The fourth-order valence-corrected chi connectivity index (χ4v) is 2.83. The number of oxime groups is 1. The van der Waals surface area contributed by atoms with Crippen molar-refractivity contribution in [2.75, 3.05) is 26.2 Å². The summed E-state index contributed by atoms with van der Waals surface area (Å²) in [5.74, 6) is 0. The SMILES string of the molecule is N#CCCC1(NC2CCNC/C2=N/O)CCNC1. The molecule has 0 aromatic rings. The quantitative estimate of drug-likeness (QED) is 0.410. The maximum absolute atomic E-state index is 9.04. The Morgan fingerprint density at radius 3 is 3.06 bits per heavy atom. The lowest BCUT2D eigenvalue weighted by Gasteiger charge is -2.36. The van der Waals surface area contributed by atoms with Gasteiger partial charge in [-0.3, -0.25) is 0 Å². The maximum atomic E-state index is 9.04. The summed E-state index contributed by atoms with van der Waals surface area (Å²) in [6.45, 7) is 3.43. The Hall–Kier alpha value is -1.16. The molecule has 2 heterocycles.